The van der Waals surface area contributed by atoms with Crippen molar-refractivity contribution in [3.8, 4) is 0 Å². The smallest absolute Gasteiger partial charge is 0.317 e. The van der Waals surface area contributed by atoms with Gasteiger partial charge in [0.25, 0.3) is 0 Å². The molecule has 0 saturated heterocycles. The van der Waals surface area contributed by atoms with Gasteiger partial charge in [0.15, 0.2) is 8.32 Å². The molecule has 3 N–H and O–H groups in total. The fourth-order valence-corrected chi connectivity index (χ4v) is 5.32. The van der Waals surface area contributed by atoms with E-state index < -0.39 is 20.0 Å². The first-order valence-corrected chi connectivity index (χ1v) is 18.9. The Balaban J connectivity index is 0. The van der Waals surface area contributed by atoms with Crippen LogP contribution in [-0.2, 0) is 17.5 Å². The third-order valence-corrected chi connectivity index (χ3v) is 13.5. The Labute approximate surface area is 316 Å². The molecule has 278 valence electrons. The Hall–Kier alpha value is -2.26. The van der Waals surface area contributed by atoms with E-state index in [-0.39, 0.29) is 85.9 Å². The highest BCUT2D eigenvalue weighted by Crippen LogP contribution is 2.36. The van der Waals surface area contributed by atoms with Gasteiger partial charge in [-0.2, -0.15) is 27.0 Å². The van der Waals surface area contributed by atoms with Crippen molar-refractivity contribution in [1.29, 1.82) is 0 Å². The lowest BCUT2D eigenvalue weighted by molar-refractivity contribution is 0.150. The highest BCUT2D eigenvalue weighted by atomic mass is 35.5. The van der Waals surface area contributed by atoms with Crippen LogP contribution in [0.5, 0.6) is 0 Å². The molecule has 8 nitrogen and oxygen atoms in total. The molecule has 0 aliphatic heterocycles. The molecule has 0 saturated carbocycles. The average molecular weight is 784 g/mol. The molecule has 2 rings (SSSR count). The van der Waals surface area contributed by atoms with Crippen molar-refractivity contribution in [2.24, 2.45) is 0 Å². The number of carbonyl (C=O) groups is 2. The highest BCUT2D eigenvalue weighted by molar-refractivity contribution is 7.59. The minimum absolute atomic E-state index is 0. The average Bonchev–Trinajstić information content (AvgIpc) is 3.02. The molecule has 49 heavy (non-hydrogen) atoms. The maximum absolute atomic E-state index is 13.5. The van der Waals surface area contributed by atoms with Crippen LogP contribution >= 0.6 is 50.2 Å². The summed E-state index contributed by atoms with van der Waals surface area (Å²) >= 11 is 11.7. The third-order valence-electron chi connectivity index (χ3n) is 8.19. The van der Waals surface area contributed by atoms with Gasteiger partial charge in [-0.15, -0.1) is 13.2 Å². The lowest BCUT2D eigenvalue weighted by Gasteiger charge is -2.38. The summed E-state index contributed by atoms with van der Waals surface area (Å²) in [6, 6.07) is 7.87. The number of rotatable bonds is 14. The summed E-state index contributed by atoms with van der Waals surface area (Å²) < 4.78 is 33.0. The lowest BCUT2D eigenvalue weighted by atomic mass is 10.2. The van der Waals surface area contributed by atoms with E-state index in [9.17, 15) is 23.5 Å². The number of hydrogen-bond donors (Lipinski definition) is 3. The van der Waals surface area contributed by atoms with E-state index in [2.05, 4.69) is 57.7 Å². The quantitative estimate of drug-likeness (QED) is 0.133. The van der Waals surface area contributed by atoms with E-state index in [1.807, 2.05) is 0 Å². The largest absolute Gasteiger partial charge is 0.415 e. The number of carbonyl (C=O) groups excluding carboxylic acids is 2. The van der Waals surface area contributed by atoms with Crippen LogP contribution in [0.25, 0.3) is 0 Å². The first-order chi connectivity index (χ1) is 21.9. The lowest BCUT2D eigenvalue weighted by Crippen LogP contribution is -2.49. The molecular formula is C34H54Cl2F2N4O4S2Si. The van der Waals surface area contributed by atoms with Gasteiger partial charge < -0.3 is 30.0 Å². The van der Waals surface area contributed by atoms with Crippen LogP contribution in [0.1, 0.15) is 44.7 Å². The Bertz CT molecular complexity index is 1360. The number of amides is 4. The zero-order chi connectivity index (χ0) is 35.9. The monoisotopic (exact) mass is 782 g/mol. The molecule has 0 spiro atoms. The molecule has 2 aromatic carbocycles. The molecule has 0 bridgehead atoms. The molecule has 0 fully saturated rings. The van der Waals surface area contributed by atoms with Crippen LogP contribution in [-0.4, -0.2) is 74.7 Å². The van der Waals surface area contributed by atoms with Crippen LogP contribution in [0.3, 0.4) is 0 Å². The fraction of sp³-hybridized carbons (Fsp3) is 0.471. The van der Waals surface area contributed by atoms with Gasteiger partial charge in [0.2, 0.25) is 0 Å². The highest BCUT2D eigenvalue weighted by Gasteiger charge is 2.38. The molecule has 15 heteroatoms. The van der Waals surface area contributed by atoms with Crippen molar-refractivity contribution in [2.75, 3.05) is 27.3 Å². The molecule has 4 amide bonds. The predicted molar refractivity (Wildman–Crippen MR) is 211 cm³/mol. The Morgan fingerprint density at radius 2 is 1.27 bits per heavy atom. The summed E-state index contributed by atoms with van der Waals surface area (Å²) in [5, 5.41) is 14.8. The summed E-state index contributed by atoms with van der Waals surface area (Å²) in [4.78, 5) is 27.5. The SMILES string of the molecule is C=CC[C@@H](CO)N(C)C(=O)NCc1cccc(F)c1Cl.C=CC[C@@H](CO[Si](C)(C)C(C)(C)C)N(C)C(=O)NCc1cccc(F)c1Cl.S.S. The zero-order valence-corrected chi connectivity index (χ0v) is 34.0. The van der Waals surface area contributed by atoms with Gasteiger partial charge in [-0.05, 0) is 54.2 Å². The van der Waals surface area contributed by atoms with E-state index in [1.165, 1.54) is 23.1 Å². The van der Waals surface area contributed by atoms with E-state index in [0.29, 0.717) is 30.6 Å². The number of hydrogen-bond acceptors (Lipinski definition) is 4. The van der Waals surface area contributed by atoms with Crippen LogP contribution < -0.4 is 10.6 Å². The van der Waals surface area contributed by atoms with E-state index >= 15 is 0 Å². The number of aliphatic hydroxyl groups is 1. The molecule has 2 atom stereocenters. The van der Waals surface area contributed by atoms with Crippen LogP contribution in [0.15, 0.2) is 61.7 Å². The van der Waals surface area contributed by atoms with Crippen molar-refractivity contribution in [1.82, 2.24) is 20.4 Å². The van der Waals surface area contributed by atoms with Gasteiger partial charge in [-0.25, -0.2) is 18.4 Å². The zero-order valence-electron chi connectivity index (χ0n) is 29.5. The standard InChI is InChI=1S/C20H32ClFN2O2Si.C14H18ClFN2O2.2H2S/c1-8-10-16(14-26-27(6,7)20(2,3)4)24(5)19(25)23-13-15-11-9-12-17(22)18(15)21;1-3-5-11(9-19)18(2)14(20)17-8-10-6-4-7-12(16)13(10)15;;/h8-9,11-12,16H,1,10,13-14H2,2-7H3,(H,23,25);3-4,6-7,11,19H,1,5,8-9H2,2H3,(H,17,20);2*1H2/t16-;11-;;/m00../s1. The molecule has 0 unspecified atom stereocenters. The van der Waals surface area contributed by atoms with Gasteiger partial charge in [0, 0.05) is 27.2 Å². The maximum Gasteiger partial charge on any atom is 0.317 e. The number of likely N-dealkylation sites (N-methyl/N-ethyl adjacent to an activating group) is 2. The van der Waals surface area contributed by atoms with Gasteiger partial charge in [0.1, 0.15) is 11.6 Å². The first kappa shape index (κ1) is 48.8. The van der Waals surface area contributed by atoms with Gasteiger partial charge in [-0.3, -0.25) is 0 Å². The van der Waals surface area contributed by atoms with Crippen molar-refractivity contribution < 1.29 is 27.9 Å². The second kappa shape index (κ2) is 23.3. The third kappa shape index (κ3) is 15.7. The summed E-state index contributed by atoms with van der Waals surface area (Å²) in [7, 11) is 1.39. The Kier molecular flexibility index (Phi) is 23.2. The first-order valence-electron chi connectivity index (χ1n) is 15.2. The van der Waals surface area contributed by atoms with E-state index in [4.69, 9.17) is 27.6 Å². The second-order valence-corrected chi connectivity index (χ2v) is 18.1. The maximum atomic E-state index is 13.5. The fourth-order valence-electron chi connectivity index (χ4n) is 3.89. The molecule has 0 aliphatic carbocycles. The van der Waals surface area contributed by atoms with Gasteiger partial charge in [0.05, 0.1) is 35.3 Å². The summed E-state index contributed by atoms with van der Waals surface area (Å²) in [5.41, 5.74) is 1.04. The number of aliphatic hydroxyl groups excluding tert-OH is 1. The summed E-state index contributed by atoms with van der Waals surface area (Å²) in [6.45, 7) is 18.8. The minimum Gasteiger partial charge on any atom is -0.415 e. The number of benzene rings is 2. The van der Waals surface area contributed by atoms with Gasteiger partial charge >= 0.3 is 12.1 Å². The molecule has 0 radical (unpaired) electrons. The topological polar surface area (TPSA) is 94.1 Å². The van der Waals surface area contributed by atoms with Crippen molar-refractivity contribution in [3.05, 3.63) is 94.5 Å². The minimum atomic E-state index is -1.91. The number of halogens is 4. The van der Waals surface area contributed by atoms with Crippen molar-refractivity contribution in [2.45, 2.75) is 76.9 Å². The number of urea groups is 2. The van der Waals surface area contributed by atoms with Crippen LogP contribution in [0.2, 0.25) is 28.2 Å². The Morgan fingerprint density at radius 3 is 1.63 bits per heavy atom. The molecule has 0 aromatic heterocycles. The van der Waals surface area contributed by atoms with Crippen LogP contribution in [0.4, 0.5) is 18.4 Å². The summed E-state index contributed by atoms with van der Waals surface area (Å²) in [6.07, 6.45) is 4.53. The molecule has 0 heterocycles. The van der Waals surface area contributed by atoms with Crippen LogP contribution in [0, 0.1) is 11.6 Å². The summed E-state index contributed by atoms with van der Waals surface area (Å²) in [5.74, 6) is -1.02. The van der Waals surface area contributed by atoms with E-state index in [0.717, 1.165) is 0 Å². The number of nitrogens with one attached hydrogen (secondary N) is 2. The molecule has 0 aliphatic rings. The Morgan fingerprint density at radius 1 is 0.878 bits per heavy atom. The predicted octanol–water partition coefficient (Wildman–Crippen LogP) is 8.37. The van der Waals surface area contributed by atoms with E-state index in [1.54, 1.807) is 49.3 Å². The second-order valence-electron chi connectivity index (χ2n) is 12.6. The van der Waals surface area contributed by atoms with Gasteiger partial charge in [-0.1, -0.05) is 80.4 Å². The number of nitrogens with zero attached hydrogens (tertiary/aromatic N) is 2. The normalized spacial score (nSPS) is 12.1. The van der Waals surface area contributed by atoms with Crippen molar-refractivity contribution >= 4 is 70.6 Å². The van der Waals surface area contributed by atoms with Crippen molar-refractivity contribution in [3.63, 3.8) is 0 Å². The molecule has 2 aromatic rings. The molecular weight excluding hydrogens is 730 g/mol.